The number of aromatic nitrogens is 2. The molecule has 182 valence electrons. The number of piperazine rings is 1. The second-order valence-electron chi connectivity index (χ2n) is 8.62. The van der Waals surface area contributed by atoms with Crippen LogP contribution in [0.4, 0.5) is 5.69 Å². The summed E-state index contributed by atoms with van der Waals surface area (Å²) in [5.74, 6) is 1.65. The summed E-state index contributed by atoms with van der Waals surface area (Å²) in [5.41, 5.74) is 1.18. The largest absolute Gasteiger partial charge is 0.495 e. The Kier molecular flexibility index (Phi) is 8.34. The first kappa shape index (κ1) is 24.4. The Morgan fingerprint density at radius 3 is 2.50 bits per heavy atom. The number of rotatable bonds is 10. The molecule has 2 heterocycles. The molecule has 0 aliphatic carbocycles. The Labute approximate surface area is 204 Å². The van der Waals surface area contributed by atoms with E-state index in [1.54, 1.807) is 18.2 Å². The third kappa shape index (κ3) is 5.50. The Morgan fingerprint density at radius 2 is 1.74 bits per heavy atom. The number of hydrogen-bond donors (Lipinski definition) is 1. The molecule has 0 spiro atoms. The second kappa shape index (κ2) is 11.6. The Morgan fingerprint density at radius 1 is 0.971 bits per heavy atom. The number of thioether (sulfide) groups is 1. The number of methoxy groups -OCH3 is 1. The summed E-state index contributed by atoms with van der Waals surface area (Å²) < 4.78 is 6.58. The topological polar surface area (TPSA) is 70.6 Å². The van der Waals surface area contributed by atoms with Crippen molar-refractivity contribution in [1.29, 1.82) is 0 Å². The van der Waals surface area contributed by atoms with Crippen molar-refractivity contribution >= 4 is 28.4 Å². The standard InChI is InChI=1S/C26H34N4O3S/c1-3-19-34-23-12-5-4-10-21(23)29-17-15-28(16-18-29)13-6-7-14-30-25(31)20-9-8-11-22(33-2)24(20)27-26(30)32/h4-5,8-12H,3,6-7,13-19H2,1-2H3,(H,27,32). The molecule has 7 nitrogen and oxygen atoms in total. The fourth-order valence-corrected chi connectivity index (χ4v) is 5.44. The number of nitrogens with one attached hydrogen (secondary N) is 1. The van der Waals surface area contributed by atoms with E-state index in [0.29, 0.717) is 23.2 Å². The molecule has 3 aromatic rings. The molecule has 2 aromatic carbocycles. The predicted octanol–water partition coefficient (Wildman–Crippen LogP) is 3.80. The van der Waals surface area contributed by atoms with Crippen LogP contribution in [0.3, 0.4) is 0 Å². The average molecular weight is 483 g/mol. The van der Waals surface area contributed by atoms with Gasteiger partial charge in [-0.25, -0.2) is 4.79 Å². The van der Waals surface area contributed by atoms with Crippen LogP contribution >= 0.6 is 11.8 Å². The van der Waals surface area contributed by atoms with E-state index in [4.69, 9.17) is 4.74 Å². The fraction of sp³-hybridized carbons (Fsp3) is 0.462. The SMILES string of the molecule is CCCSc1ccccc1N1CCN(CCCCn2c(=O)[nH]c3c(OC)cccc3c2=O)CC1. The smallest absolute Gasteiger partial charge is 0.328 e. The highest BCUT2D eigenvalue weighted by atomic mass is 32.2. The van der Waals surface area contributed by atoms with E-state index in [1.165, 1.54) is 28.7 Å². The van der Waals surface area contributed by atoms with Crippen LogP contribution in [0, 0.1) is 0 Å². The van der Waals surface area contributed by atoms with Crippen molar-refractivity contribution in [3.8, 4) is 5.75 Å². The van der Waals surface area contributed by atoms with E-state index in [-0.39, 0.29) is 11.2 Å². The van der Waals surface area contributed by atoms with Crippen molar-refractivity contribution in [1.82, 2.24) is 14.5 Å². The second-order valence-corrected chi connectivity index (χ2v) is 9.76. The summed E-state index contributed by atoms with van der Waals surface area (Å²) in [6.07, 6.45) is 2.91. The zero-order valence-corrected chi connectivity index (χ0v) is 20.9. The normalized spacial score (nSPS) is 14.6. The summed E-state index contributed by atoms with van der Waals surface area (Å²) in [6, 6.07) is 14.0. The van der Waals surface area contributed by atoms with E-state index < -0.39 is 0 Å². The molecule has 0 amide bonds. The van der Waals surface area contributed by atoms with Gasteiger partial charge >= 0.3 is 5.69 Å². The summed E-state index contributed by atoms with van der Waals surface area (Å²) >= 11 is 1.94. The van der Waals surface area contributed by atoms with Crippen LogP contribution in [0.1, 0.15) is 26.2 Å². The lowest BCUT2D eigenvalue weighted by molar-refractivity contribution is 0.250. The molecule has 34 heavy (non-hydrogen) atoms. The lowest BCUT2D eigenvalue weighted by Crippen LogP contribution is -2.46. The quantitative estimate of drug-likeness (QED) is 0.350. The van der Waals surface area contributed by atoms with E-state index in [9.17, 15) is 9.59 Å². The van der Waals surface area contributed by atoms with Crippen LogP contribution in [0.25, 0.3) is 10.9 Å². The van der Waals surface area contributed by atoms with E-state index in [1.807, 2.05) is 11.8 Å². The highest BCUT2D eigenvalue weighted by molar-refractivity contribution is 7.99. The van der Waals surface area contributed by atoms with Crippen molar-refractivity contribution in [3.05, 3.63) is 63.3 Å². The lowest BCUT2D eigenvalue weighted by atomic mass is 10.2. The minimum Gasteiger partial charge on any atom is -0.495 e. The van der Waals surface area contributed by atoms with Gasteiger partial charge in [0.15, 0.2) is 0 Å². The Bertz CT molecular complexity index is 1210. The molecule has 0 atom stereocenters. The number of aromatic amines is 1. The zero-order valence-electron chi connectivity index (χ0n) is 20.1. The van der Waals surface area contributed by atoms with Gasteiger partial charge in [0.05, 0.1) is 23.7 Å². The highest BCUT2D eigenvalue weighted by Crippen LogP contribution is 2.31. The third-order valence-electron chi connectivity index (χ3n) is 6.34. The van der Waals surface area contributed by atoms with Crippen LogP contribution in [0.2, 0.25) is 0 Å². The minimum atomic E-state index is -0.379. The number of unbranched alkanes of at least 4 members (excludes halogenated alkanes) is 1. The van der Waals surface area contributed by atoms with E-state index >= 15 is 0 Å². The fourth-order valence-electron chi connectivity index (χ4n) is 4.49. The number of anilines is 1. The molecule has 4 rings (SSSR count). The molecular formula is C26H34N4O3S. The van der Waals surface area contributed by atoms with Crippen molar-refractivity contribution in [2.75, 3.05) is 50.5 Å². The van der Waals surface area contributed by atoms with Crippen molar-refractivity contribution in [3.63, 3.8) is 0 Å². The van der Waals surface area contributed by atoms with Gasteiger partial charge < -0.3 is 14.6 Å². The molecule has 1 aliphatic rings. The van der Waals surface area contributed by atoms with Crippen LogP contribution in [0.15, 0.2) is 56.9 Å². The zero-order chi connectivity index (χ0) is 23.9. The van der Waals surface area contributed by atoms with E-state index in [0.717, 1.165) is 51.3 Å². The summed E-state index contributed by atoms with van der Waals surface area (Å²) in [6.45, 7) is 7.73. The van der Waals surface area contributed by atoms with Gasteiger partial charge in [-0.05, 0) is 55.8 Å². The summed E-state index contributed by atoms with van der Waals surface area (Å²) in [4.78, 5) is 34.5. The lowest BCUT2D eigenvalue weighted by Gasteiger charge is -2.37. The Hall–Kier alpha value is -2.71. The first-order valence-electron chi connectivity index (χ1n) is 12.1. The summed E-state index contributed by atoms with van der Waals surface area (Å²) in [7, 11) is 1.53. The van der Waals surface area contributed by atoms with Crippen molar-refractivity contribution in [2.24, 2.45) is 0 Å². The molecule has 1 aliphatic heterocycles. The molecule has 0 saturated carbocycles. The molecule has 1 fully saturated rings. The average Bonchev–Trinajstić information content (AvgIpc) is 2.87. The molecule has 8 heteroatoms. The molecule has 0 radical (unpaired) electrons. The maximum atomic E-state index is 12.8. The number of hydrogen-bond acceptors (Lipinski definition) is 6. The van der Waals surface area contributed by atoms with Crippen LogP contribution in [-0.2, 0) is 6.54 Å². The monoisotopic (exact) mass is 482 g/mol. The number of ether oxygens (including phenoxy) is 1. The van der Waals surface area contributed by atoms with Crippen LogP contribution < -0.4 is 20.9 Å². The maximum absolute atomic E-state index is 12.8. The van der Waals surface area contributed by atoms with E-state index in [2.05, 4.69) is 46.0 Å². The number of fused-ring (bicyclic) bond motifs is 1. The predicted molar refractivity (Wildman–Crippen MR) is 141 cm³/mol. The molecule has 0 bridgehead atoms. The van der Waals surface area contributed by atoms with Gasteiger partial charge in [-0.2, -0.15) is 0 Å². The first-order valence-corrected chi connectivity index (χ1v) is 13.1. The van der Waals surface area contributed by atoms with Gasteiger partial charge in [0.2, 0.25) is 0 Å². The van der Waals surface area contributed by atoms with Crippen LogP contribution in [0.5, 0.6) is 5.75 Å². The van der Waals surface area contributed by atoms with Gasteiger partial charge in [0.25, 0.3) is 5.56 Å². The van der Waals surface area contributed by atoms with Gasteiger partial charge in [-0.15, -0.1) is 11.8 Å². The summed E-state index contributed by atoms with van der Waals surface area (Å²) in [5, 5.41) is 0.479. The number of nitrogens with zero attached hydrogens (tertiary/aromatic N) is 3. The maximum Gasteiger partial charge on any atom is 0.328 e. The number of benzene rings is 2. The molecule has 1 N–H and O–H groups in total. The Balaban J connectivity index is 1.29. The van der Waals surface area contributed by atoms with Gasteiger partial charge in [0.1, 0.15) is 5.75 Å². The number of H-pyrrole nitrogens is 1. The van der Waals surface area contributed by atoms with Gasteiger partial charge in [0, 0.05) is 37.6 Å². The number of para-hydroxylation sites is 2. The third-order valence-corrected chi connectivity index (χ3v) is 7.61. The molecule has 0 unspecified atom stereocenters. The van der Waals surface area contributed by atoms with Crippen LogP contribution in [-0.4, -0.2) is 60.0 Å². The molecular weight excluding hydrogens is 448 g/mol. The highest BCUT2D eigenvalue weighted by Gasteiger charge is 2.19. The minimum absolute atomic E-state index is 0.258. The first-order chi connectivity index (χ1) is 16.6. The molecule has 1 aromatic heterocycles. The van der Waals surface area contributed by atoms with Gasteiger partial charge in [-0.1, -0.05) is 25.1 Å². The molecule has 1 saturated heterocycles. The van der Waals surface area contributed by atoms with Crippen molar-refractivity contribution < 1.29 is 4.74 Å². The van der Waals surface area contributed by atoms with Gasteiger partial charge in [-0.3, -0.25) is 14.3 Å². The van der Waals surface area contributed by atoms with Crippen molar-refractivity contribution in [2.45, 2.75) is 37.6 Å².